The zero-order valence-corrected chi connectivity index (χ0v) is 11.8. The topological polar surface area (TPSA) is 48.1 Å². The molecule has 0 bridgehead atoms. The third-order valence-corrected chi connectivity index (χ3v) is 3.24. The summed E-state index contributed by atoms with van der Waals surface area (Å²) in [6.45, 7) is 4.68. The van der Waals surface area contributed by atoms with E-state index in [9.17, 15) is 0 Å². The molecule has 1 aromatic carbocycles. The molecule has 0 aliphatic carbocycles. The van der Waals surface area contributed by atoms with Crippen LogP contribution in [0.5, 0.6) is 11.6 Å². The zero-order chi connectivity index (χ0) is 13.8. The molecule has 1 aromatic heterocycles. The first-order chi connectivity index (χ1) is 9.10. The van der Waals surface area contributed by atoms with E-state index in [0.717, 1.165) is 11.3 Å². The van der Waals surface area contributed by atoms with Crippen molar-refractivity contribution in [2.24, 2.45) is 5.73 Å². The summed E-state index contributed by atoms with van der Waals surface area (Å²) in [6.07, 6.45) is 1.56. The Labute approximate surface area is 118 Å². The minimum atomic E-state index is 0.365. The van der Waals surface area contributed by atoms with Gasteiger partial charge in [-0.25, -0.2) is 4.98 Å². The summed E-state index contributed by atoms with van der Waals surface area (Å²) in [6, 6.07) is 9.75. The van der Waals surface area contributed by atoms with Gasteiger partial charge in [0.15, 0.2) is 0 Å². The van der Waals surface area contributed by atoms with E-state index >= 15 is 0 Å². The Hall–Kier alpha value is -1.58. The highest BCUT2D eigenvalue weighted by atomic mass is 35.5. The summed E-state index contributed by atoms with van der Waals surface area (Å²) in [5, 5.41) is 0.560. The maximum absolute atomic E-state index is 5.96. The van der Waals surface area contributed by atoms with Crippen LogP contribution in [0.2, 0.25) is 5.02 Å². The van der Waals surface area contributed by atoms with E-state index in [0.29, 0.717) is 23.4 Å². The molecule has 0 saturated heterocycles. The molecule has 2 N–H and O–H groups in total. The number of nitrogens with zero attached hydrogens (tertiary/aromatic N) is 1. The van der Waals surface area contributed by atoms with Crippen LogP contribution in [0.1, 0.15) is 30.9 Å². The second-order valence-corrected chi connectivity index (χ2v) is 5.05. The van der Waals surface area contributed by atoms with Gasteiger partial charge in [-0.05, 0) is 29.2 Å². The SMILES string of the molecule is CC(C)c1ccc(Oc2cc(CN)c(Cl)cn2)cc1. The molecule has 0 radical (unpaired) electrons. The van der Waals surface area contributed by atoms with Crippen molar-refractivity contribution >= 4 is 11.6 Å². The van der Waals surface area contributed by atoms with Gasteiger partial charge in [-0.1, -0.05) is 37.6 Å². The summed E-state index contributed by atoms with van der Waals surface area (Å²) >= 11 is 5.96. The number of pyridine rings is 1. The molecule has 0 aliphatic heterocycles. The summed E-state index contributed by atoms with van der Waals surface area (Å²) < 4.78 is 5.69. The molecular formula is C15H17ClN2O. The summed E-state index contributed by atoms with van der Waals surface area (Å²) in [5.41, 5.74) is 7.70. The van der Waals surface area contributed by atoms with Gasteiger partial charge in [-0.15, -0.1) is 0 Å². The maximum Gasteiger partial charge on any atom is 0.219 e. The Morgan fingerprint density at radius 2 is 1.95 bits per heavy atom. The lowest BCUT2D eigenvalue weighted by Gasteiger charge is -2.09. The Morgan fingerprint density at radius 1 is 1.26 bits per heavy atom. The molecule has 2 aromatic rings. The maximum atomic E-state index is 5.96. The number of halogens is 1. The first-order valence-corrected chi connectivity index (χ1v) is 6.60. The van der Waals surface area contributed by atoms with Crippen LogP contribution in [-0.2, 0) is 6.54 Å². The van der Waals surface area contributed by atoms with Gasteiger partial charge in [-0.2, -0.15) is 0 Å². The van der Waals surface area contributed by atoms with Gasteiger partial charge < -0.3 is 10.5 Å². The van der Waals surface area contributed by atoms with Crippen molar-refractivity contribution in [1.29, 1.82) is 0 Å². The molecule has 4 heteroatoms. The van der Waals surface area contributed by atoms with Crippen LogP contribution in [0.4, 0.5) is 0 Å². The minimum Gasteiger partial charge on any atom is -0.439 e. The standard InChI is InChI=1S/C15H17ClN2O/c1-10(2)11-3-5-13(6-4-11)19-15-7-12(8-17)14(16)9-18-15/h3-7,9-10H,8,17H2,1-2H3. The second kappa shape index (κ2) is 6.04. The van der Waals surface area contributed by atoms with Crippen molar-refractivity contribution in [3.8, 4) is 11.6 Å². The number of benzene rings is 1. The van der Waals surface area contributed by atoms with Crippen molar-refractivity contribution in [2.75, 3.05) is 0 Å². The lowest BCUT2D eigenvalue weighted by molar-refractivity contribution is 0.462. The van der Waals surface area contributed by atoms with Crippen LogP contribution in [0, 0.1) is 0 Å². The van der Waals surface area contributed by atoms with Gasteiger partial charge in [0, 0.05) is 18.8 Å². The third kappa shape index (κ3) is 3.46. The predicted octanol–water partition coefficient (Wildman–Crippen LogP) is 4.11. The van der Waals surface area contributed by atoms with Gasteiger partial charge in [0.05, 0.1) is 5.02 Å². The summed E-state index contributed by atoms with van der Waals surface area (Å²) in [4.78, 5) is 4.13. The van der Waals surface area contributed by atoms with Crippen molar-refractivity contribution in [1.82, 2.24) is 4.98 Å². The zero-order valence-electron chi connectivity index (χ0n) is 11.1. The second-order valence-electron chi connectivity index (χ2n) is 4.64. The van der Waals surface area contributed by atoms with Gasteiger partial charge in [0.1, 0.15) is 5.75 Å². The van der Waals surface area contributed by atoms with Gasteiger partial charge in [0.25, 0.3) is 0 Å². The first kappa shape index (κ1) is 13.8. The van der Waals surface area contributed by atoms with E-state index in [2.05, 4.69) is 31.0 Å². The highest BCUT2D eigenvalue weighted by Gasteiger charge is 2.05. The number of rotatable bonds is 4. The fraction of sp³-hybridized carbons (Fsp3) is 0.267. The number of nitrogens with two attached hydrogens (primary N) is 1. The predicted molar refractivity (Wildman–Crippen MR) is 77.7 cm³/mol. The molecule has 0 amide bonds. The molecule has 100 valence electrons. The van der Waals surface area contributed by atoms with Crippen molar-refractivity contribution in [2.45, 2.75) is 26.3 Å². The van der Waals surface area contributed by atoms with Crippen LogP contribution < -0.4 is 10.5 Å². The highest BCUT2D eigenvalue weighted by Crippen LogP contribution is 2.25. The van der Waals surface area contributed by atoms with Crippen molar-refractivity contribution in [3.05, 3.63) is 52.7 Å². The molecule has 0 aliphatic rings. The van der Waals surface area contributed by atoms with E-state index in [4.69, 9.17) is 22.1 Å². The molecular weight excluding hydrogens is 260 g/mol. The molecule has 19 heavy (non-hydrogen) atoms. The quantitative estimate of drug-likeness (QED) is 0.914. The monoisotopic (exact) mass is 276 g/mol. The number of hydrogen-bond donors (Lipinski definition) is 1. The largest absolute Gasteiger partial charge is 0.439 e. The number of aromatic nitrogens is 1. The average molecular weight is 277 g/mol. The molecule has 3 nitrogen and oxygen atoms in total. The van der Waals surface area contributed by atoms with Crippen LogP contribution >= 0.6 is 11.6 Å². The molecule has 0 fully saturated rings. The smallest absolute Gasteiger partial charge is 0.219 e. The van der Waals surface area contributed by atoms with E-state index < -0.39 is 0 Å². The van der Waals surface area contributed by atoms with Gasteiger partial charge in [-0.3, -0.25) is 0 Å². The van der Waals surface area contributed by atoms with Crippen LogP contribution in [0.25, 0.3) is 0 Å². The number of ether oxygens (including phenoxy) is 1. The Morgan fingerprint density at radius 3 is 2.53 bits per heavy atom. The van der Waals surface area contributed by atoms with Gasteiger partial charge in [0.2, 0.25) is 5.88 Å². The Bertz CT molecular complexity index is 553. The van der Waals surface area contributed by atoms with Crippen LogP contribution in [0.3, 0.4) is 0 Å². The fourth-order valence-electron chi connectivity index (χ4n) is 1.71. The van der Waals surface area contributed by atoms with Crippen LogP contribution in [-0.4, -0.2) is 4.98 Å². The third-order valence-electron chi connectivity index (χ3n) is 2.90. The Kier molecular flexibility index (Phi) is 4.40. The fourth-order valence-corrected chi connectivity index (χ4v) is 1.89. The van der Waals surface area contributed by atoms with Crippen LogP contribution in [0.15, 0.2) is 36.5 Å². The van der Waals surface area contributed by atoms with E-state index in [1.807, 2.05) is 12.1 Å². The molecule has 1 heterocycles. The average Bonchev–Trinajstić information content (AvgIpc) is 2.41. The molecule has 0 spiro atoms. The van der Waals surface area contributed by atoms with Gasteiger partial charge >= 0.3 is 0 Å². The lowest BCUT2D eigenvalue weighted by Crippen LogP contribution is -1.99. The van der Waals surface area contributed by atoms with E-state index in [1.165, 1.54) is 5.56 Å². The van der Waals surface area contributed by atoms with Crippen molar-refractivity contribution in [3.63, 3.8) is 0 Å². The molecule has 0 atom stereocenters. The summed E-state index contributed by atoms with van der Waals surface area (Å²) in [5.74, 6) is 1.76. The molecule has 2 rings (SSSR count). The normalized spacial score (nSPS) is 10.8. The summed E-state index contributed by atoms with van der Waals surface area (Å²) in [7, 11) is 0. The van der Waals surface area contributed by atoms with Crippen molar-refractivity contribution < 1.29 is 4.74 Å². The molecule has 0 unspecified atom stereocenters. The lowest BCUT2D eigenvalue weighted by atomic mass is 10.0. The van der Waals surface area contributed by atoms with E-state index in [-0.39, 0.29) is 0 Å². The highest BCUT2D eigenvalue weighted by molar-refractivity contribution is 6.31. The Balaban J connectivity index is 2.16. The molecule has 0 saturated carbocycles. The number of hydrogen-bond acceptors (Lipinski definition) is 3. The minimum absolute atomic E-state index is 0.365. The van der Waals surface area contributed by atoms with E-state index in [1.54, 1.807) is 12.3 Å². The first-order valence-electron chi connectivity index (χ1n) is 6.22.